The van der Waals surface area contributed by atoms with Gasteiger partial charge in [0.05, 0.1) is 15.7 Å². The molecule has 0 bridgehead atoms. The molecule has 1 aromatic carbocycles. The second-order valence-electron chi connectivity index (χ2n) is 4.00. The summed E-state index contributed by atoms with van der Waals surface area (Å²) in [4.78, 5) is 0.119. The summed E-state index contributed by atoms with van der Waals surface area (Å²) in [5.74, 6) is 0.711. The summed E-state index contributed by atoms with van der Waals surface area (Å²) in [6.07, 6.45) is 3.33. The molecule has 0 heterocycles. The third kappa shape index (κ3) is 4.96. The van der Waals surface area contributed by atoms with E-state index in [1.165, 1.54) is 12.1 Å². The minimum atomic E-state index is -3.35. The average Bonchev–Trinajstić information content (AvgIpc) is 2.32. The van der Waals surface area contributed by atoms with Gasteiger partial charge in [-0.05, 0) is 31.0 Å². The first-order valence-corrected chi connectivity index (χ1v) is 8.65. The Morgan fingerprint density at radius 1 is 1.00 bits per heavy atom. The molecule has 0 amide bonds. The SMILES string of the molecule is O=S(=O)(CCCCCCCl)c1cc(Cl)ccc1Cl. The van der Waals surface area contributed by atoms with Crippen molar-refractivity contribution in [3.05, 3.63) is 28.2 Å². The van der Waals surface area contributed by atoms with Crippen molar-refractivity contribution in [1.29, 1.82) is 0 Å². The van der Waals surface area contributed by atoms with E-state index in [0.717, 1.165) is 19.3 Å². The predicted octanol–water partition coefficient (Wildman–Crippen LogP) is 4.57. The zero-order valence-electron chi connectivity index (χ0n) is 9.83. The van der Waals surface area contributed by atoms with E-state index in [4.69, 9.17) is 34.8 Å². The molecule has 102 valence electrons. The molecule has 1 aromatic rings. The number of hydrogen-bond acceptors (Lipinski definition) is 2. The number of hydrogen-bond donors (Lipinski definition) is 0. The Bertz CT molecular complexity index is 486. The fourth-order valence-electron chi connectivity index (χ4n) is 1.57. The van der Waals surface area contributed by atoms with E-state index in [2.05, 4.69) is 0 Å². The molecule has 0 saturated carbocycles. The van der Waals surface area contributed by atoms with Gasteiger partial charge < -0.3 is 0 Å². The van der Waals surface area contributed by atoms with Crippen molar-refractivity contribution >= 4 is 44.6 Å². The number of unbranched alkanes of at least 4 members (excludes halogenated alkanes) is 3. The molecular formula is C12H15Cl3O2S. The Morgan fingerprint density at radius 2 is 1.67 bits per heavy atom. The van der Waals surface area contributed by atoms with E-state index in [9.17, 15) is 8.42 Å². The molecule has 0 unspecified atom stereocenters. The van der Waals surface area contributed by atoms with E-state index in [1.807, 2.05) is 0 Å². The van der Waals surface area contributed by atoms with Gasteiger partial charge in [-0.1, -0.05) is 36.0 Å². The minimum absolute atomic E-state index is 0.0926. The third-order valence-electron chi connectivity index (χ3n) is 2.53. The summed E-state index contributed by atoms with van der Waals surface area (Å²) in [6, 6.07) is 4.48. The van der Waals surface area contributed by atoms with Crippen LogP contribution in [0.5, 0.6) is 0 Å². The van der Waals surface area contributed by atoms with Crippen LogP contribution in [-0.4, -0.2) is 20.1 Å². The lowest BCUT2D eigenvalue weighted by molar-refractivity contribution is 0.589. The van der Waals surface area contributed by atoms with Gasteiger partial charge in [0.2, 0.25) is 0 Å². The van der Waals surface area contributed by atoms with E-state index >= 15 is 0 Å². The molecule has 0 N–H and O–H groups in total. The number of rotatable bonds is 7. The van der Waals surface area contributed by atoms with Crippen molar-refractivity contribution in [2.24, 2.45) is 0 Å². The first-order valence-electron chi connectivity index (χ1n) is 5.71. The fraction of sp³-hybridized carbons (Fsp3) is 0.500. The maximum Gasteiger partial charge on any atom is 0.179 e. The lowest BCUT2D eigenvalue weighted by Crippen LogP contribution is -2.07. The molecule has 0 aliphatic heterocycles. The zero-order chi connectivity index (χ0) is 13.6. The third-order valence-corrected chi connectivity index (χ3v) is 5.30. The lowest BCUT2D eigenvalue weighted by Gasteiger charge is -2.06. The maximum atomic E-state index is 12.1. The number of alkyl halides is 1. The highest BCUT2D eigenvalue weighted by Crippen LogP contribution is 2.26. The van der Waals surface area contributed by atoms with E-state index in [1.54, 1.807) is 6.07 Å². The summed E-state index contributed by atoms with van der Waals surface area (Å²) >= 11 is 17.2. The smallest absolute Gasteiger partial charge is 0.179 e. The molecule has 0 radical (unpaired) electrons. The topological polar surface area (TPSA) is 34.1 Å². The molecule has 6 heteroatoms. The van der Waals surface area contributed by atoms with Gasteiger partial charge in [-0.2, -0.15) is 0 Å². The van der Waals surface area contributed by atoms with E-state index < -0.39 is 9.84 Å². The van der Waals surface area contributed by atoms with Gasteiger partial charge in [-0.15, -0.1) is 11.6 Å². The van der Waals surface area contributed by atoms with Crippen LogP contribution in [0, 0.1) is 0 Å². The Kier molecular flexibility index (Phi) is 6.78. The molecule has 0 spiro atoms. The van der Waals surface area contributed by atoms with Gasteiger partial charge in [0.25, 0.3) is 0 Å². The fourth-order valence-corrected chi connectivity index (χ4v) is 3.94. The molecule has 0 aliphatic carbocycles. The van der Waals surface area contributed by atoms with Gasteiger partial charge in [0.15, 0.2) is 9.84 Å². The average molecular weight is 330 g/mol. The van der Waals surface area contributed by atoms with Crippen molar-refractivity contribution in [2.45, 2.75) is 30.6 Å². The maximum absolute atomic E-state index is 12.1. The molecule has 18 heavy (non-hydrogen) atoms. The van der Waals surface area contributed by atoms with Crippen molar-refractivity contribution < 1.29 is 8.42 Å². The summed E-state index contributed by atoms with van der Waals surface area (Å²) in [7, 11) is -3.35. The summed E-state index contributed by atoms with van der Waals surface area (Å²) < 4.78 is 24.1. The molecule has 0 atom stereocenters. The van der Waals surface area contributed by atoms with Crippen LogP contribution in [0.4, 0.5) is 0 Å². The second kappa shape index (κ2) is 7.59. The number of sulfone groups is 1. The number of halogens is 3. The van der Waals surface area contributed by atoms with Gasteiger partial charge in [0.1, 0.15) is 0 Å². The Hall–Kier alpha value is 0.0400. The predicted molar refractivity (Wildman–Crippen MR) is 77.7 cm³/mol. The van der Waals surface area contributed by atoms with Gasteiger partial charge in [0, 0.05) is 10.9 Å². The minimum Gasteiger partial charge on any atom is -0.224 e. The lowest BCUT2D eigenvalue weighted by atomic mass is 10.2. The Morgan fingerprint density at radius 3 is 2.33 bits per heavy atom. The van der Waals surface area contributed by atoms with Crippen LogP contribution in [-0.2, 0) is 9.84 Å². The zero-order valence-corrected chi connectivity index (χ0v) is 12.9. The molecule has 0 aromatic heterocycles. The highest BCUT2D eigenvalue weighted by atomic mass is 35.5. The van der Waals surface area contributed by atoms with E-state index in [-0.39, 0.29) is 15.7 Å². The quantitative estimate of drug-likeness (QED) is 0.542. The van der Waals surface area contributed by atoms with Crippen LogP contribution in [0.25, 0.3) is 0 Å². The van der Waals surface area contributed by atoms with Crippen molar-refractivity contribution in [3.63, 3.8) is 0 Å². The standard InChI is InChI=1S/C12H15Cl3O2S/c13-7-3-1-2-4-8-18(16,17)12-9-10(14)5-6-11(12)15/h5-6,9H,1-4,7-8H2. The Labute approximate surface area is 123 Å². The van der Waals surface area contributed by atoms with Gasteiger partial charge in [-0.25, -0.2) is 8.42 Å². The molecule has 2 nitrogen and oxygen atoms in total. The molecule has 0 fully saturated rings. The molecular weight excluding hydrogens is 315 g/mol. The van der Waals surface area contributed by atoms with Crippen LogP contribution in [0.15, 0.2) is 23.1 Å². The molecule has 0 saturated heterocycles. The van der Waals surface area contributed by atoms with Crippen LogP contribution in [0.3, 0.4) is 0 Å². The number of benzene rings is 1. The first kappa shape index (κ1) is 16.1. The van der Waals surface area contributed by atoms with Crippen molar-refractivity contribution in [3.8, 4) is 0 Å². The van der Waals surface area contributed by atoms with Crippen LogP contribution < -0.4 is 0 Å². The van der Waals surface area contributed by atoms with Crippen molar-refractivity contribution in [2.75, 3.05) is 11.6 Å². The van der Waals surface area contributed by atoms with Gasteiger partial charge in [-0.3, -0.25) is 0 Å². The van der Waals surface area contributed by atoms with Crippen molar-refractivity contribution in [1.82, 2.24) is 0 Å². The molecule has 0 aliphatic rings. The highest BCUT2D eigenvalue weighted by Gasteiger charge is 2.18. The summed E-state index contributed by atoms with van der Waals surface area (Å²) in [5, 5.41) is 0.597. The second-order valence-corrected chi connectivity index (χ2v) is 7.30. The normalized spacial score (nSPS) is 11.7. The largest absolute Gasteiger partial charge is 0.224 e. The summed E-state index contributed by atoms with van der Waals surface area (Å²) in [6.45, 7) is 0. The van der Waals surface area contributed by atoms with Crippen LogP contribution >= 0.6 is 34.8 Å². The first-order chi connectivity index (χ1) is 8.47. The highest BCUT2D eigenvalue weighted by molar-refractivity contribution is 7.91. The molecule has 1 rings (SSSR count). The van der Waals surface area contributed by atoms with Crippen LogP contribution in [0.1, 0.15) is 25.7 Å². The monoisotopic (exact) mass is 328 g/mol. The van der Waals surface area contributed by atoms with Crippen LogP contribution in [0.2, 0.25) is 10.0 Å². The van der Waals surface area contributed by atoms with E-state index in [0.29, 0.717) is 17.3 Å². The Balaban J connectivity index is 2.66. The summed E-state index contributed by atoms with van der Waals surface area (Å²) in [5.41, 5.74) is 0. The van der Waals surface area contributed by atoms with Gasteiger partial charge >= 0.3 is 0 Å².